The molecule has 0 aliphatic carbocycles. The van der Waals surface area contributed by atoms with Gasteiger partial charge in [0.05, 0.1) is 20.3 Å². The van der Waals surface area contributed by atoms with Crippen molar-refractivity contribution in [3.8, 4) is 17.6 Å². The molecule has 2 aromatic carbocycles. The maximum Gasteiger partial charge on any atom is 0.166 e. The van der Waals surface area contributed by atoms with E-state index in [1.165, 1.54) is 0 Å². The second kappa shape index (κ2) is 7.32. The standard InChI is InChI=1S/C17H18N2O2/c1-20-16-10-6-9-14(17(16)21-2)15(11-18)19-12-13-7-4-3-5-8-13/h3-10,15,19H,12H2,1-2H3. The van der Waals surface area contributed by atoms with Crippen LogP contribution in [0, 0.1) is 11.3 Å². The molecule has 0 aromatic heterocycles. The minimum Gasteiger partial charge on any atom is -0.493 e. The van der Waals surface area contributed by atoms with E-state index in [1.807, 2.05) is 48.5 Å². The van der Waals surface area contributed by atoms with E-state index in [9.17, 15) is 5.26 Å². The Bertz CT molecular complexity index is 620. The van der Waals surface area contributed by atoms with Crippen LogP contribution in [-0.2, 0) is 6.54 Å². The third-order valence-electron chi connectivity index (χ3n) is 3.23. The van der Waals surface area contributed by atoms with Crippen molar-refractivity contribution in [2.24, 2.45) is 0 Å². The van der Waals surface area contributed by atoms with Gasteiger partial charge < -0.3 is 9.47 Å². The molecule has 0 saturated heterocycles. The molecule has 0 saturated carbocycles. The molecule has 0 fully saturated rings. The number of nitrogens with zero attached hydrogens (tertiary/aromatic N) is 1. The average Bonchev–Trinajstić information content (AvgIpc) is 2.56. The molecular formula is C17H18N2O2. The van der Waals surface area contributed by atoms with Crippen LogP contribution in [0.3, 0.4) is 0 Å². The molecule has 21 heavy (non-hydrogen) atoms. The van der Waals surface area contributed by atoms with Gasteiger partial charge in [0.2, 0.25) is 0 Å². The Kier molecular flexibility index (Phi) is 5.19. The predicted molar refractivity (Wildman–Crippen MR) is 81.2 cm³/mol. The molecule has 0 radical (unpaired) electrons. The maximum absolute atomic E-state index is 9.43. The number of hydrogen-bond acceptors (Lipinski definition) is 4. The minimum atomic E-state index is -0.463. The first-order chi connectivity index (χ1) is 10.3. The van der Waals surface area contributed by atoms with Crippen molar-refractivity contribution in [1.29, 1.82) is 5.26 Å². The molecule has 1 unspecified atom stereocenters. The molecule has 0 amide bonds. The summed E-state index contributed by atoms with van der Waals surface area (Å²) in [6.45, 7) is 0.611. The average molecular weight is 282 g/mol. The fourth-order valence-corrected chi connectivity index (χ4v) is 2.18. The molecular weight excluding hydrogens is 264 g/mol. The fourth-order valence-electron chi connectivity index (χ4n) is 2.18. The normalized spacial score (nSPS) is 11.5. The van der Waals surface area contributed by atoms with Crippen molar-refractivity contribution in [1.82, 2.24) is 5.32 Å². The number of nitrogens with one attached hydrogen (secondary N) is 1. The van der Waals surface area contributed by atoms with Gasteiger partial charge in [-0.15, -0.1) is 0 Å². The van der Waals surface area contributed by atoms with Gasteiger partial charge in [-0.25, -0.2) is 0 Å². The van der Waals surface area contributed by atoms with E-state index in [4.69, 9.17) is 9.47 Å². The molecule has 108 valence electrons. The monoisotopic (exact) mass is 282 g/mol. The molecule has 0 spiro atoms. The molecule has 0 bridgehead atoms. The lowest BCUT2D eigenvalue weighted by molar-refractivity contribution is 0.349. The number of methoxy groups -OCH3 is 2. The van der Waals surface area contributed by atoms with Gasteiger partial charge in [0, 0.05) is 12.1 Å². The second-order valence-electron chi connectivity index (χ2n) is 4.51. The minimum absolute atomic E-state index is 0.463. The van der Waals surface area contributed by atoms with Crippen LogP contribution in [0.4, 0.5) is 0 Å². The molecule has 4 heteroatoms. The van der Waals surface area contributed by atoms with Crippen LogP contribution in [-0.4, -0.2) is 14.2 Å². The van der Waals surface area contributed by atoms with Crippen LogP contribution in [0.1, 0.15) is 17.2 Å². The largest absolute Gasteiger partial charge is 0.493 e. The van der Waals surface area contributed by atoms with Crippen molar-refractivity contribution in [2.75, 3.05) is 14.2 Å². The predicted octanol–water partition coefficient (Wildman–Crippen LogP) is 3.06. The second-order valence-corrected chi connectivity index (χ2v) is 4.51. The van der Waals surface area contributed by atoms with Crippen LogP contribution in [0.5, 0.6) is 11.5 Å². The number of ether oxygens (including phenoxy) is 2. The number of para-hydroxylation sites is 1. The van der Waals surface area contributed by atoms with Crippen molar-refractivity contribution in [2.45, 2.75) is 12.6 Å². The highest BCUT2D eigenvalue weighted by atomic mass is 16.5. The summed E-state index contributed by atoms with van der Waals surface area (Å²) in [6, 6.07) is 17.3. The zero-order chi connectivity index (χ0) is 15.1. The smallest absolute Gasteiger partial charge is 0.166 e. The number of benzene rings is 2. The van der Waals surface area contributed by atoms with E-state index in [1.54, 1.807) is 14.2 Å². The topological polar surface area (TPSA) is 54.3 Å². The SMILES string of the molecule is COc1cccc(C(C#N)NCc2ccccc2)c1OC. The van der Waals surface area contributed by atoms with Crippen LogP contribution in [0.15, 0.2) is 48.5 Å². The van der Waals surface area contributed by atoms with Gasteiger partial charge in [-0.2, -0.15) is 5.26 Å². The summed E-state index contributed by atoms with van der Waals surface area (Å²) in [5.41, 5.74) is 1.90. The lowest BCUT2D eigenvalue weighted by Crippen LogP contribution is -2.20. The lowest BCUT2D eigenvalue weighted by Gasteiger charge is -2.17. The van der Waals surface area contributed by atoms with E-state index < -0.39 is 6.04 Å². The van der Waals surface area contributed by atoms with E-state index in [0.717, 1.165) is 11.1 Å². The third kappa shape index (κ3) is 3.53. The summed E-state index contributed by atoms with van der Waals surface area (Å²) in [7, 11) is 3.16. The molecule has 2 aromatic rings. The van der Waals surface area contributed by atoms with Crippen molar-refractivity contribution < 1.29 is 9.47 Å². The van der Waals surface area contributed by atoms with Crippen molar-refractivity contribution in [3.63, 3.8) is 0 Å². The summed E-state index contributed by atoms with van der Waals surface area (Å²) >= 11 is 0. The summed E-state index contributed by atoms with van der Waals surface area (Å²) in [5.74, 6) is 1.21. The van der Waals surface area contributed by atoms with Crippen LogP contribution in [0.2, 0.25) is 0 Å². The highest BCUT2D eigenvalue weighted by molar-refractivity contribution is 5.49. The van der Waals surface area contributed by atoms with Gasteiger partial charge in [-0.3, -0.25) is 5.32 Å². The first-order valence-corrected chi connectivity index (χ1v) is 6.68. The summed E-state index contributed by atoms with van der Waals surface area (Å²) < 4.78 is 10.7. The highest BCUT2D eigenvalue weighted by Crippen LogP contribution is 2.34. The van der Waals surface area contributed by atoms with E-state index in [2.05, 4.69) is 11.4 Å². The van der Waals surface area contributed by atoms with Crippen molar-refractivity contribution >= 4 is 0 Å². The van der Waals surface area contributed by atoms with Gasteiger partial charge >= 0.3 is 0 Å². The Hall–Kier alpha value is -2.51. The number of nitriles is 1. The third-order valence-corrected chi connectivity index (χ3v) is 3.23. The van der Waals surface area contributed by atoms with Crippen LogP contribution >= 0.6 is 0 Å². The van der Waals surface area contributed by atoms with Crippen molar-refractivity contribution in [3.05, 3.63) is 59.7 Å². The molecule has 2 rings (SSSR count). The van der Waals surface area contributed by atoms with E-state index in [0.29, 0.717) is 18.0 Å². The first kappa shape index (κ1) is 14.9. The molecule has 1 atom stereocenters. The van der Waals surface area contributed by atoms with Gasteiger partial charge in [-0.1, -0.05) is 42.5 Å². The van der Waals surface area contributed by atoms with E-state index >= 15 is 0 Å². The fraction of sp³-hybridized carbons (Fsp3) is 0.235. The highest BCUT2D eigenvalue weighted by Gasteiger charge is 2.18. The number of rotatable bonds is 6. The molecule has 1 N–H and O–H groups in total. The summed E-state index contributed by atoms with van der Waals surface area (Å²) in [4.78, 5) is 0. The van der Waals surface area contributed by atoms with Gasteiger partial charge in [0.1, 0.15) is 6.04 Å². The zero-order valence-corrected chi connectivity index (χ0v) is 12.2. The summed E-state index contributed by atoms with van der Waals surface area (Å²) in [5, 5.41) is 12.7. The Morgan fingerprint density at radius 2 is 1.81 bits per heavy atom. The Morgan fingerprint density at radius 1 is 1.05 bits per heavy atom. The zero-order valence-electron chi connectivity index (χ0n) is 12.2. The van der Waals surface area contributed by atoms with Gasteiger partial charge in [0.25, 0.3) is 0 Å². The molecule has 0 heterocycles. The van der Waals surface area contributed by atoms with Crippen LogP contribution < -0.4 is 14.8 Å². The first-order valence-electron chi connectivity index (χ1n) is 6.68. The van der Waals surface area contributed by atoms with Gasteiger partial charge in [-0.05, 0) is 11.6 Å². The Balaban J connectivity index is 2.20. The molecule has 4 nitrogen and oxygen atoms in total. The van der Waals surface area contributed by atoms with E-state index in [-0.39, 0.29) is 0 Å². The molecule has 0 aliphatic heterocycles. The van der Waals surface area contributed by atoms with Gasteiger partial charge in [0.15, 0.2) is 11.5 Å². The Morgan fingerprint density at radius 3 is 2.43 bits per heavy atom. The Labute approximate surface area is 124 Å². The van der Waals surface area contributed by atoms with Crippen LogP contribution in [0.25, 0.3) is 0 Å². The quantitative estimate of drug-likeness (QED) is 0.884. The number of hydrogen-bond donors (Lipinski definition) is 1. The maximum atomic E-state index is 9.43. The molecule has 0 aliphatic rings. The lowest BCUT2D eigenvalue weighted by atomic mass is 10.1. The summed E-state index contributed by atoms with van der Waals surface area (Å²) in [6.07, 6.45) is 0.